The number of morpholine rings is 1. The number of aromatic nitrogens is 2. The lowest BCUT2D eigenvalue weighted by Crippen LogP contribution is -2.45. The van der Waals surface area contributed by atoms with Crippen molar-refractivity contribution in [2.45, 2.75) is 13.0 Å². The van der Waals surface area contributed by atoms with Crippen molar-refractivity contribution < 1.29 is 23.4 Å². The Kier molecular flexibility index (Phi) is 6.38. The van der Waals surface area contributed by atoms with E-state index in [-0.39, 0.29) is 17.9 Å². The van der Waals surface area contributed by atoms with Crippen molar-refractivity contribution in [1.82, 2.24) is 19.6 Å². The summed E-state index contributed by atoms with van der Waals surface area (Å²) in [5, 5.41) is 14.4. The van der Waals surface area contributed by atoms with Crippen molar-refractivity contribution >= 4 is 5.91 Å². The molecule has 1 saturated heterocycles. The lowest BCUT2D eigenvalue weighted by atomic mass is 10.2. The summed E-state index contributed by atoms with van der Waals surface area (Å²) in [6.07, 6.45) is -0.723. The SMILES string of the molecule is Cc1cc(C(=O)N(C)C[C@H](O)CN2CCOCC2)nn1-c1c(F)cccc1F. The minimum absolute atomic E-state index is 0.0567. The molecule has 0 unspecified atom stereocenters. The van der Waals surface area contributed by atoms with Gasteiger partial charge in [0, 0.05) is 38.9 Å². The third-order valence-electron chi connectivity index (χ3n) is 4.66. The van der Waals surface area contributed by atoms with Crippen LogP contribution in [-0.2, 0) is 4.74 Å². The summed E-state index contributed by atoms with van der Waals surface area (Å²) in [5.41, 5.74) is 0.157. The molecular formula is C19H24F2N4O3. The number of carbonyl (C=O) groups is 1. The molecule has 0 saturated carbocycles. The van der Waals surface area contributed by atoms with Gasteiger partial charge >= 0.3 is 0 Å². The van der Waals surface area contributed by atoms with Gasteiger partial charge in [0.2, 0.25) is 0 Å². The minimum atomic E-state index is -0.764. The molecular weight excluding hydrogens is 370 g/mol. The van der Waals surface area contributed by atoms with E-state index >= 15 is 0 Å². The zero-order valence-electron chi connectivity index (χ0n) is 15.9. The molecule has 9 heteroatoms. The third kappa shape index (κ3) is 4.54. The Morgan fingerprint density at radius 2 is 1.96 bits per heavy atom. The molecule has 0 spiro atoms. The first-order chi connectivity index (χ1) is 13.4. The van der Waals surface area contributed by atoms with Crippen LogP contribution in [0.4, 0.5) is 8.78 Å². The maximum atomic E-state index is 14.0. The lowest BCUT2D eigenvalue weighted by molar-refractivity contribution is 0.00873. The lowest BCUT2D eigenvalue weighted by Gasteiger charge is -2.29. The van der Waals surface area contributed by atoms with Crippen LogP contribution in [0.5, 0.6) is 0 Å². The average molecular weight is 394 g/mol. The second-order valence-electron chi connectivity index (χ2n) is 6.91. The molecule has 1 atom stereocenters. The molecule has 1 fully saturated rings. The number of nitrogens with zero attached hydrogens (tertiary/aromatic N) is 4. The Morgan fingerprint density at radius 3 is 2.61 bits per heavy atom. The van der Waals surface area contributed by atoms with E-state index < -0.39 is 23.6 Å². The summed E-state index contributed by atoms with van der Waals surface area (Å²) in [6.45, 7) is 4.92. The molecule has 0 aliphatic carbocycles. The standard InChI is InChI=1S/C19H24F2N4O3/c1-13-10-17(22-25(13)18-15(20)4-3-5-16(18)21)19(27)23(2)11-14(26)12-24-6-8-28-9-7-24/h3-5,10,14,26H,6-9,11-12H2,1-2H3/t14-/m0/s1. The van der Waals surface area contributed by atoms with E-state index in [1.54, 1.807) is 14.0 Å². The molecule has 152 valence electrons. The van der Waals surface area contributed by atoms with Crippen molar-refractivity contribution in [2.24, 2.45) is 0 Å². The van der Waals surface area contributed by atoms with Crippen LogP contribution in [0.25, 0.3) is 5.69 Å². The summed E-state index contributed by atoms with van der Waals surface area (Å²) < 4.78 is 34.4. The maximum absolute atomic E-state index is 14.0. The molecule has 1 aliphatic heterocycles. The van der Waals surface area contributed by atoms with Crippen molar-refractivity contribution in [3.63, 3.8) is 0 Å². The Balaban J connectivity index is 1.68. The smallest absolute Gasteiger partial charge is 0.274 e. The second-order valence-corrected chi connectivity index (χ2v) is 6.91. The Morgan fingerprint density at radius 1 is 1.32 bits per heavy atom. The van der Waals surface area contributed by atoms with Crippen LogP contribution in [0.2, 0.25) is 0 Å². The predicted molar refractivity (Wildman–Crippen MR) is 98.4 cm³/mol. The van der Waals surface area contributed by atoms with Crippen LogP contribution in [-0.4, -0.2) is 83.1 Å². The maximum Gasteiger partial charge on any atom is 0.274 e. The molecule has 2 aromatic rings. The highest BCUT2D eigenvalue weighted by atomic mass is 19.1. The number of amides is 1. The summed E-state index contributed by atoms with van der Waals surface area (Å²) in [7, 11) is 1.56. The quantitative estimate of drug-likeness (QED) is 0.798. The van der Waals surface area contributed by atoms with E-state index in [1.165, 1.54) is 17.0 Å². The molecule has 1 aromatic carbocycles. The summed E-state index contributed by atoms with van der Waals surface area (Å²) in [5.74, 6) is -1.96. The molecule has 1 amide bonds. The number of β-amino-alcohol motifs (C(OH)–C–C–N with tert-alkyl or cyclic N) is 1. The molecule has 2 heterocycles. The number of aliphatic hydroxyl groups excluding tert-OH is 1. The molecule has 3 rings (SSSR count). The average Bonchev–Trinajstić information content (AvgIpc) is 3.03. The largest absolute Gasteiger partial charge is 0.390 e. The zero-order chi connectivity index (χ0) is 20.3. The number of carbonyl (C=O) groups excluding carboxylic acids is 1. The van der Waals surface area contributed by atoms with Crippen LogP contribution in [0.15, 0.2) is 24.3 Å². The van der Waals surface area contributed by atoms with Crippen LogP contribution >= 0.6 is 0 Å². The molecule has 7 nitrogen and oxygen atoms in total. The van der Waals surface area contributed by atoms with Gasteiger partial charge in [-0.2, -0.15) is 5.10 Å². The fourth-order valence-corrected chi connectivity index (χ4v) is 3.23. The number of benzene rings is 1. The number of aliphatic hydroxyl groups is 1. The van der Waals surface area contributed by atoms with E-state index in [1.807, 2.05) is 0 Å². The Labute approximate surface area is 162 Å². The summed E-state index contributed by atoms with van der Waals surface area (Å²) in [6, 6.07) is 5.01. The molecule has 28 heavy (non-hydrogen) atoms. The van der Waals surface area contributed by atoms with E-state index in [9.17, 15) is 18.7 Å². The molecule has 0 radical (unpaired) electrons. The molecule has 1 aromatic heterocycles. The third-order valence-corrected chi connectivity index (χ3v) is 4.66. The first-order valence-electron chi connectivity index (χ1n) is 9.11. The van der Waals surface area contributed by atoms with E-state index in [2.05, 4.69) is 10.00 Å². The van der Waals surface area contributed by atoms with Gasteiger partial charge in [-0.1, -0.05) is 6.07 Å². The van der Waals surface area contributed by atoms with E-state index in [0.717, 1.165) is 29.9 Å². The van der Waals surface area contributed by atoms with Crippen LogP contribution in [0, 0.1) is 18.6 Å². The van der Waals surface area contributed by atoms with Gasteiger partial charge in [0.05, 0.1) is 19.3 Å². The number of hydrogen-bond acceptors (Lipinski definition) is 5. The van der Waals surface area contributed by atoms with E-state index in [4.69, 9.17) is 4.74 Å². The minimum Gasteiger partial charge on any atom is -0.390 e. The first-order valence-corrected chi connectivity index (χ1v) is 9.11. The van der Waals surface area contributed by atoms with E-state index in [0.29, 0.717) is 25.5 Å². The van der Waals surface area contributed by atoms with Crippen molar-refractivity contribution in [2.75, 3.05) is 46.4 Å². The number of para-hydroxylation sites is 1. The highest BCUT2D eigenvalue weighted by Gasteiger charge is 2.23. The van der Waals surface area contributed by atoms with Crippen molar-refractivity contribution in [1.29, 1.82) is 0 Å². The van der Waals surface area contributed by atoms with Gasteiger partial charge in [-0.15, -0.1) is 0 Å². The van der Waals surface area contributed by atoms with Gasteiger partial charge in [0.15, 0.2) is 17.3 Å². The highest BCUT2D eigenvalue weighted by Crippen LogP contribution is 2.20. The van der Waals surface area contributed by atoms with Gasteiger partial charge in [0.25, 0.3) is 5.91 Å². The number of rotatable bonds is 6. The number of ether oxygens (including phenoxy) is 1. The first kappa shape index (κ1) is 20.4. The molecule has 1 N–H and O–H groups in total. The normalized spacial score (nSPS) is 16.2. The molecule has 1 aliphatic rings. The van der Waals surface area contributed by atoms with Gasteiger partial charge in [-0.05, 0) is 25.1 Å². The Bertz CT molecular complexity index is 816. The fourth-order valence-electron chi connectivity index (χ4n) is 3.23. The zero-order valence-corrected chi connectivity index (χ0v) is 15.9. The van der Waals surface area contributed by atoms with Crippen molar-refractivity contribution in [3.8, 4) is 5.69 Å². The number of halogens is 2. The second kappa shape index (κ2) is 8.76. The number of aryl methyl sites for hydroxylation is 1. The number of hydrogen-bond donors (Lipinski definition) is 1. The van der Waals surface area contributed by atoms with Gasteiger partial charge in [-0.25, -0.2) is 13.5 Å². The topological polar surface area (TPSA) is 70.8 Å². The summed E-state index contributed by atoms with van der Waals surface area (Å²) >= 11 is 0. The summed E-state index contributed by atoms with van der Waals surface area (Å²) in [4.78, 5) is 16.1. The van der Waals surface area contributed by atoms with Crippen LogP contribution in [0.1, 0.15) is 16.2 Å². The highest BCUT2D eigenvalue weighted by molar-refractivity contribution is 5.92. The molecule has 0 bridgehead atoms. The van der Waals surface area contributed by atoms with Gasteiger partial charge < -0.3 is 14.7 Å². The number of likely N-dealkylation sites (N-methyl/N-ethyl adjacent to an activating group) is 1. The van der Waals surface area contributed by atoms with Gasteiger partial charge in [-0.3, -0.25) is 9.69 Å². The van der Waals surface area contributed by atoms with Crippen molar-refractivity contribution in [3.05, 3.63) is 47.3 Å². The predicted octanol–water partition coefficient (Wildman–Crippen LogP) is 1.22. The van der Waals surface area contributed by atoms with Crippen LogP contribution in [0.3, 0.4) is 0 Å². The monoisotopic (exact) mass is 394 g/mol. The fraction of sp³-hybridized carbons (Fsp3) is 0.474. The Hall–Kier alpha value is -2.36. The van der Waals surface area contributed by atoms with Gasteiger partial charge in [0.1, 0.15) is 5.69 Å². The van der Waals surface area contributed by atoms with Crippen LogP contribution < -0.4 is 0 Å².